The molecule has 0 fully saturated rings. The van der Waals surface area contributed by atoms with Gasteiger partial charge in [-0.3, -0.25) is 4.79 Å². The lowest BCUT2D eigenvalue weighted by molar-refractivity contribution is 0.0948. The Kier molecular flexibility index (Phi) is 6.26. The topological polar surface area (TPSA) is 50.2 Å². The minimum absolute atomic E-state index is 0.129. The van der Waals surface area contributed by atoms with Crippen LogP contribution >= 0.6 is 0 Å². The van der Waals surface area contributed by atoms with Crippen LogP contribution in [0.5, 0.6) is 0 Å². The average molecular weight is 362 g/mol. The third kappa shape index (κ3) is 4.76. The number of para-hydroxylation sites is 2. The van der Waals surface area contributed by atoms with Gasteiger partial charge in [-0.05, 0) is 50.6 Å². The Labute approximate surface area is 160 Å². The van der Waals surface area contributed by atoms with Gasteiger partial charge in [0.15, 0.2) is 5.69 Å². The zero-order valence-electron chi connectivity index (χ0n) is 15.9. The van der Waals surface area contributed by atoms with Gasteiger partial charge in [-0.15, -0.1) is 0 Å². The Hall–Kier alpha value is -3.08. The first-order chi connectivity index (χ1) is 13.2. The van der Waals surface area contributed by atoms with Gasteiger partial charge in [-0.1, -0.05) is 36.4 Å². The van der Waals surface area contributed by atoms with Gasteiger partial charge in [0, 0.05) is 31.0 Å². The van der Waals surface area contributed by atoms with E-state index >= 15 is 0 Å². The summed E-state index contributed by atoms with van der Waals surface area (Å²) in [5.41, 5.74) is 3.55. The number of nitrogens with zero attached hydrogens (tertiary/aromatic N) is 3. The molecule has 1 aromatic heterocycles. The minimum Gasteiger partial charge on any atom is -0.372 e. The number of carbonyl (C=O) groups is 1. The van der Waals surface area contributed by atoms with Crippen molar-refractivity contribution in [2.24, 2.45) is 0 Å². The summed E-state index contributed by atoms with van der Waals surface area (Å²) in [5, 5.41) is 7.43. The van der Waals surface area contributed by atoms with E-state index in [1.165, 1.54) is 5.69 Å². The summed E-state index contributed by atoms with van der Waals surface area (Å²) in [4.78, 5) is 14.7. The molecule has 0 atom stereocenters. The fourth-order valence-electron chi connectivity index (χ4n) is 3.09. The van der Waals surface area contributed by atoms with Crippen LogP contribution in [0, 0.1) is 6.92 Å². The van der Waals surface area contributed by atoms with Gasteiger partial charge >= 0.3 is 0 Å². The average Bonchev–Trinajstić information content (AvgIpc) is 3.11. The Balaban J connectivity index is 1.53. The first-order valence-corrected chi connectivity index (χ1v) is 9.39. The van der Waals surface area contributed by atoms with Crippen LogP contribution in [0.1, 0.15) is 29.5 Å². The fraction of sp³-hybridized carbons (Fsp3) is 0.273. The number of nitrogens with one attached hydrogen (secondary N) is 1. The second-order valence-corrected chi connectivity index (χ2v) is 6.44. The van der Waals surface area contributed by atoms with E-state index in [1.54, 1.807) is 4.68 Å². The molecular formula is C22H26N4O. The second-order valence-electron chi connectivity index (χ2n) is 6.44. The Bertz CT molecular complexity index is 859. The number of rotatable bonds is 8. The van der Waals surface area contributed by atoms with E-state index in [9.17, 15) is 4.79 Å². The van der Waals surface area contributed by atoms with Gasteiger partial charge in [0.05, 0.1) is 5.69 Å². The molecule has 3 aromatic rings. The van der Waals surface area contributed by atoms with E-state index in [4.69, 9.17) is 0 Å². The molecule has 27 heavy (non-hydrogen) atoms. The van der Waals surface area contributed by atoms with Crippen LogP contribution in [0.2, 0.25) is 0 Å². The molecule has 140 valence electrons. The van der Waals surface area contributed by atoms with Gasteiger partial charge in [0.2, 0.25) is 0 Å². The number of amides is 1. The van der Waals surface area contributed by atoms with Gasteiger partial charge in [-0.2, -0.15) is 5.10 Å². The van der Waals surface area contributed by atoms with Crippen molar-refractivity contribution < 1.29 is 4.79 Å². The molecule has 0 aliphatic carbocycles. The van der Waals surface area contributed by atoms with E-state index in [1.807, 2.05) is 61.5 Å². The number of benzene rings is 2. The third-order valence-corrected chi connectivity index (χ3v) is 4.51. The molecule has 0 aliphatic rings. The SMILES string of the molecule is CCN(CCCNC(=O)c1cc(C)n(-c2ccccc2)n1)c1ccccc1. The van der Waals surface area contributed by atoms with E-state index in [2.05, 4.69) is 34.4 Å². The van der Waals surface area contributed by atoms with Crippen LogP contribution in [-0.4, -0.2) is 35.3 Å². The van der Waals surface area contributed by atoms with Crippen molar-refractivity contribution in [3.05, 3.63) is 78.1 Å². The molecule has 1 N–H and O–H groups in total. The summed E-state index contributed by atoms with van der Waals surface area (Å²) < 4.78 is 1.79. The molecule has 0 aliphatic heterocycles. The van der Waals surface area contributed by atoms with E-state index in [-0.39, 0.29) is 5.91 Å². The first kappa shape index (κ1) is 18.7. The van der Waals surface area contributed by atoms with Gasteiger partial charge in [0.25, 0.3) is 5.91 Å². The van der Waals surface area contributed by atoms with Gasteiger partial charge in [-0.25, -0.2) is 4.68 Å². The molecular weight excluding hydrogens is 336 g/mol. The van der Waals surface area contributed by atoms with Crippen molar-refractivity contribution in [2.45, 2.75) is 20.3 Å². The third-order valence-electron chi connectivity index (χ3n) is 4.51. The van der Waals surface area contributed by atoms with Crippen LogP contribution in [0.25, 0.3) is 5.69 Å². The molecule has 0 radical (unpaired) electrons. The summed E-state index contributed by atoms with van der Waals surface area (Å²) in [6, 6.07) is 22.0. The normalized spacial score (nSPS) is 10.6. The summed E-state index contributed by atoms with van der Waals surface area (Å²) in [6.45, 7) is 6.57. The van der Waals surface area contributed by atoms with Crippen LogP contribution in [-0.2, 0) is 0 Å². The number of hydrogen-bond acceptors (Lipinski definition) is 3. The molecule has 0 saturated carbocycles. The standard InChI is InChI=1S/C22H26N4O/c1-3-25(19-11-6-4-7-12-19)16-10-15-23-22(27)21-17-18(2)26(24-21)20-13-8-5-9-14-20/h4-9,11-14,17H,3,10,15-16H2,1-2H3,(H,23,27). The van der Waals surface area contributed by atoms with Crippen molar-refractivity contribution in [2.75, 3.05) is 24.5 Å². The summed E-state index contributed by atoms with van der Waals surface area (Å²) in [7, 11) is 0. The molecule has 0 spiro atoms. The number of carbonyl (C=O) groups excluding carboxylic acids is 1. The predicted molar refractivity (Wildman–Crippen MR) is 110 cm³/mol. The Morgan fingerprint density at radius 3 is 2.41 bits per heavy atom. The van der Waals surface area contributed by atoms with Gasteiger partial charge < -0.3 is 10.2 Å². The van der Waals surface area contributed by atoms with Crippen LogP contribution in [0.15, 0.2) is 66.7 Å². The van der Waals surface area contributed by atoms with E-state index in [0.717, 1.165) is 30.9 Å². The molecule has 0 bridgehead atoms. The fourth-order valence-corrected chi connectivity index (χ4v) is 3.09. The summed E-state index contributed by atoms with van der Waals surface area (Å²) in [6.07, 6.45) is 0.882. The smallest absolute Gasteiger partial charge is 0.271 e. The highest BCUT2D eigenvalue weighted by molar-refractivity contribution is 5.92. The second kappa shape index (κ2) is 9.03. The van der Waals surface area contributed by atoms with Gasteiger partial charge in [0.1, 0.15) is 0 Å². The number of aromatic nitrogens is 2. The van der Waals surface area contributed by atoms with Crippen molar-refractivity contribution in [3.63, 3.8) is 0 Å². The molecule has 5 heteroatoms. The molecule has 2 aromatic carbocycles. The highest BCUT2D eigenvalue weighted by atomic mass is 16.1. The summed E-state index contributed by atoms with van der Waals surface area (Å²) in [5.74, 6) is -0.129. The molecule has 3 rings (SSSR count). The number of anilines is 1. The Morgan fingerprint density at radius 1 is 1.07 bits per heavy atom. The lowest BCUT2D eigenvalue weighted by Gasteiger charge is -2.23. The molecule has 0 saturated heterocycles. The largest absolute Gasteiger partial charge is 0.372 e. The first-order valence-electron chi connectivity index (χ1n) is 9.39. The van der Waals surface area contributed by atoms with E-state index < -0.39 is 0 Å². The lowest BCUT2D eigenvalue weighted by Crippen LogP contribution is -2.30. The van der Waals surface area contributed by atoms with E-state index in [0.29, 0.717) is 12.2 Å². The number of hydrogen-bond donors (Lipinski definition) is 1. The maximum atomic E-state index is 12.4. The van der Waals surface area contributed by atoms with Crippen LogP contribution < -0.4 is 10.2 Å². The molecule has 1 heterocycles. The van der Waals surface area contributed by atoms with Crippen molar-refractivity contribution in [3.8, 4) is 5.69 Å². The number of aryl methyl sites for hydroxylation is 1. The highest BCUT2D eigenvalue weighted by Crippen LogP contribution is 2.13. The van der Waals surface area contributed by atoms with Crippen LogP contribution in [0.4, 0.5) is 5.69 Å². The minimum atomic E-state index is -0.129. The predicted octanol–water partition coefficient (Wildman–Crippen LogP) is 3.83. The Morgan fingerprint density at radius 2 is 1.74 bits per heavy atom. The molecule has 0 unspecified atom stereocenters. The maximum Gasteiger partial charge on any atom is 0.271 e. The van der Waals surface area contributed by atoms with Crippen LogP contribution in [0.3, 0.4) is 0 Å². The lowest BCUT2D eigenvalue weighted by atomic mass is 10.2. The highest BCUT2D eigenvalue weighted by Gasteiger charge is 2.13. The summed E-state index contributed by atoms with van der Waals surface area (Å²) >= 11 is 0. The zero-order chi connectivity index (χ0) is 19.1. The van der Waals surface area contributed by atoms with Crippen molar-refractivity contribution in [1.29, 1.82) is 0 Å². The van der Waals surface area contributed by atoms with Crippen molar-refractivity contribution in [1.82, 2.24) is 15.1 Å². The maximum absolute atomic E-state index is 12.4. The quantitative estimate of drug-likeness (QED) is 0.620. The molecule has 5 nitrogen and oxygen atoms in total. The van der Waals surface area contributed by atoms with Crippen molar-refractivity contribution >= 4 is 11.6 Å². The zero-order valence-corrected chi connectivity index (χ0v) is 15.9. The monoisotopic (exact) mass is 362 g/mol. The molecule has 1 amide bonds.